The smallest absolute Gasteiger partial charge is 0.340 e. The number of hydrogen-bond donors (Lipinski definition) is 0. The lowest BCUT2D eigenvalue weighted by Crippen LogP contribution is -2.11. The van der Waals surface area contributed by atoms with E-state index in [0.29, 0.717) is 5.69 Å². The summed E-state index contributed by atoms with van der Waals surface area (Å²) in [6, 6.07) is 1.12. The molecule has 0 radical (unpaired) electrons. The Hall–Kier alpha value is -1.23. The van der Waals surface area contributed by atoms with Crippen LogP contribution >= 0.6 is 11.6 Å². The molecule has 0 aliphatic heterocycles. The first-order valence-electron chi connectivity index (χ1n) is 4.44. The molecule has 0 spiro atoms. The van der Waals surface area contributed by atoms with E-state index in [4.69, 9.17) is 11.6 Å². The first-order valence-corrected chi connectivity index (χ1v) is 4.97. The second-order valence-electron chi connectivity index (χ2n) is 3.09. The Bertz CT molecular complexity index is 410. The van der Waals surface area contributed by atoms with Crippen molar-refractivity contribution in [2.45, 2.75) is 19.2 Å². The Labute approximate surface area is 96.4 Å². The molecule has 1 heterocycles. The number of aromatic nitrogens is 1. The molecule has 6 heteroatoms. The van der Waals surface area contributed by atoms with Gasteiger partial charge in [-0.3, -0.25) is 4.98 Å². The van der Waals surface area contributed by atoms with Gasteiger partial charge in [-0.1, -0.05) is 0 Å². The summed E-state index contributed by atoms with van der Waals surface area (Å²) in [5, 5.41) is 0. The van der Waals surface area contributed by atoms with E-state index in [0.717, 1.165) is 13.2 Å². The minimum Gasteiger partial charge on any atom is -0.465 e. The highest BCUT2D eigenvalue weighted by Gasteiger charge is 2.23. The molecule has 0 aromatic carbocycles. The Balaban J connectivity index is 3.39. The number of hydrogen-bond acceptors (Lipinski definition) is 3. The van der Waals surface area contributed by atoms with E-state index >= 15 is 0 Å². The lowest BCUT2D eigenvalue weighted by Gasteiger charge is -2.11. The number of aryl methyl sites for hydroxylation is 1. The molecule has 0 unspecified atom stereocenters. The third-order valence-electron chi connectivity index (χ3n) is 2.05. The van der Waals surface area contributed by atoms with Gasteiger partial charge in [0.05, 0.1) is 29.9 Å². The van der Waals surface area contributed by atoms with Crippen LogP contribution in [0.4, 0.5) is 8.78 Å². The Morgan fingerprint density at radius 1 is 1.62 bits per heavy atom. The monoisotopic (exact) mass is 249 g/mol. The highest BCUT2D eigenvalue weighted by Crippen LogP contribution is 2.26. The highest BCUT2D eigenvalue weighted by molar-refractivity contribution is 6.16. The molecule has 1 aromatic rings. The zero-order valence-electron chi connectivity index (χ0n) is 8.76. The lowest BCUT2D eigenvalue weighted by atomic mass is 10.1. The molecule has 0 bridgehead atoms. The van der Waals surface area contributed by atoms with Crippen molar-refractivity contribution in [2.24, 2.45) is 0 Å². The van der Waals surface area contributed by atoms with Crippen molar-refractivity contribution >= 4 is 17.6 Å². The molecule has 3 nitrogen and oxygen atoms in total. The minimum atomic E-state index is -2.77. The summed E-state index contributed by atoms with van der Waals surface area (Å²) in [7, 11) is 1.13. The van der Waals surface area contributed by atoms with E-state index < -0.39 is 18.0 Å². The van der Waals surface area contributed by atoms with Gasteiger partial charge in [0.25, 0.3) is 6.43 Å². The van der Waals surface area contributed by atoms with Crippen LogP contribution < -0.4 is 0 Å². The number of rotatable bonds is 3. The van der Waals surface area contributed by atoms with Gasteiger partial charge in [-0.15, -0.1) is 11.6 Å². The summed E-state index contributed by atoms with van der Waals surface area (Å²) in [5.74, 6) is -0.802. The quantitative estimate of drug-likeness (QED) is 0.611. The fourth-order valence-corrected chi connectivity index (χ4v) is 1.51. The van der Waals surface area contributed by atoms with Crippen molar-refractivity contribution < 1.29 is 18.3 Å². The summed E-state index contributed by atoms with van der Waals surface area (Å²) in [5.41, 5.74) is -0.0798. The van der Waals surface area contributed by atoms with Gasteiger partial charge in [-0.05, 0) is 13.0 Å². The van der Waals surface area contributed by atoms with E-state index in [1.54, 1.807) is 0 Å². The molecular weight excluding hydrogens is 240 g/mol. The maximum Gasteiger partial charge on any atom is 0.340 e. The summed E-state index contributed by atoms with van der Waals surface area (Å²) in [6.45, 7) is 1.47. The van der Waals surface area contributed by atoms with Crippen LogP contribution in [-0.4, -0.2) is 18.1 Å². The number of nitrogens with zero attached hydrogens (tertiary/aromatic N) is 1. The largest absolute Gasteiger partial charge is 0.465 e. The summed E-state index contributed by atoms with van der Waals surface area (Å²) in [6.07, 6.45) is -2.77. The second kappa shape index (κ2) is 5.21. The highest BCUT2D eigenvalue weighted by atomic mass is 35.5. The number of halogens is 3. The van der Waals surface area contributed by atoms with Gasteiger partial charge in [-0.2, -0.15) is 0 Å². The van der Waals surface area contributed by atoms with Crippen molar-refractivity contribution in [1.82, 2.24) is 4.98 Å². The van der Waals surface area contributed by atoms with Crippen molar-refractivity contribution in [1.29, 1.82) is 0 Å². The number of pyridine rings is 1. The number of ether oxygens (including phenoxy) is 1. The zero-order valence-corrected chi connectivity index (χ0v) is 9.52. The van der Waals surface area contributed by atoms with Gasteiger partial charge < -0.3 is 4.74 Å². The molecule has 1 rings (SSSR count). The molecule has 0 aliphatic rings. The molecule has 0 amide bonds. The number of esters is 1. The van der Waals surface area contributed by atoms with Gasteiger partial charge in [0.15, 0.2) is 0 Å². The van der Waals surface area contributed by atoms with Crippen LogP contribution in [0.25, 0.3) is 0 Å². The first kappa shape index (κ1) is 12.8. The van der Waals surface area contributed by atoms with Gasteiger partial charge in [0.2, 0.25) is 0 Å². The van der Waals surface area contributed by atoms with E-state index in [2.05, 4.69) is 9.72 Å². The van der Waals surface area contributed by atoms with E-state index in [9.17, 15) is 13.6 Å². The van der Waals surface area contributed by atoms with Crippen LogP contribution in [0.5, 0.6) is 0 Å². The maximum absolute atomic E-state index is 12.7. The third-order valence-corrected chi connectivity index (χ3v) is 2.32. The third kappa shape index (κ3) is 2.47. The predicted octanol–water partition coefficient (Wildman–Crippen LogP) is 2.85. The van der Waals surface area contributed by atoms with Crippen LogP contribution in [-0.2, 0) is 10.6 Å². The van der Waals surface area contributed by atoms with Crippen molar-refractivity contribution in [3.05, 3.63) is 28.6 Å². The summed E-state index contributed by atoms with van der Waals surface area (Å²) in [4.78, 5) is 15.3. The second-order valence-corrected chi connectivity index (χ2v) is 3.36. The zero-order chi connectivity index (χ0) is 12.3. The first-order chi connectivity index (χ1) is 7.51. The van der Waals surface area contributed by atoms with Gasteiger partial charge in [0.1, 0.15) is 0 Å². The summed E-state index contributed by atoms with van der Waals surface area (Å²) >= 11 is 5.52. The average molecular weight is 250 g/mol. The van der Waals surface area contributed by atoms with Crippen molar-refractivity contribution in [2.75, 3.05) is 7.11 Å². The molecule has 0 saturated carbocycles. The van der Waals surface area contributed by atoms with Crippen LogP contribution in [0.1, 0.15) is 33.7 Å². The Morgan fingerprint density at radius 3 is 2.69 bits per heavy atom. The predicted molar refractivity (Wildman–Crippen MR) is 54.8 cm³/mol. The molecule has 0 aliphatic carbocycles. The fourth-order valence-electron chi connectivity index (χ4n) is 1.37. The molecule has 1 aromatic heterocycles. The number of carbonyl (C=O) groups is 1. The summed E-state index contributed by atoms with van der Waals surface area (Å²) < 4.78 is 29.9. The number of methoxy groups -OCH3 is 1. The fraction of sp³-hybridized carbons (Fsp3) is 0.400. The number of carbonyl (C=O) groups excluding carboxylic acids is 1. The van der Waals surface area contributed by atoms with Gasteiger partial charge >= 0.3 is 5.97 Å². The van der Waals surface area contributed by atoms with Crippen LogP contribution in [0, 0.1) is 6.92 Å². The van der Waals surface area contributed by atoms with Crippen LogP contribution in [0.15, 0.2) is 6.07 Å². The van der Waals surface area contributed by atoms with E-state index in [1.807, 2.05) is 0 Å². The minimum absolute atomic E-state index is 0.0159. The number of alkyl halides is 3. The topological polar surface area (TPSA) is 39.2 Å². The van der Waals surface area contributed by atoms with Crippen molar-refractivity contribution in [3.8, 4) is 0 Å². The lowest BCUT2D eigenvalue weighted by molar-refractivity contribution is 0.0587. The standard InChI is InChI=1S/C10H10ClF2NO2/c1-5-8(10(15)16-2)7(9(12)13)3-6(4-11)14-5/h3,9H,4H2,1-2H3. The van der Waals surface area contributed by atoms with Gasteiger partial charge in [-0.25, -0.2) is 13.6 Å². The van der Waals surface area contributed by atoms with E-state index in [-0.39, 0.29) is 17.1 Å². The Kier molecular flexibility index (Phi) is 4.18. The molecule has 0 fully saturated rings. The van der Waals surface area contributed by atoms with Crippen LogP contribution in [0.3, 0.4) is 0 Å². The molecule has 16 heavy (non-hydrogen) atoms. The molecular formula is C10H10ClF2NO2. The molecule has 88 valence electrons. The molecule has 0 atom stereocenters. The maximum atomic E-state index is 12.7. The Morgan fingerprint density at radius 2 is 2.25 bits per heavy atom. The normalized spacial score (nSPS) is 10.6. The van der Waals surface area contributed by atoms with Crippen LogP contribution in [0.2, 0.25) is 0 Å². The van der Waals surface area contributed by atoms with Gasteiger partial charge in [0, 0.05) is 5.56 Å². The molecule has 0 saturated heterocycles. The molecule has 0 N–H and O–H groups in total. The SMILES string of the molecule is COC(=O)c1c(C(F)F)cc(CCl)nc1C. The van der Waals surface area contributed by atoms with Crippen molar-refractivity contribution in [3.63, 3.8) is 0 Å². The van der Waals surface area contributed by atoms with E-state index in [1.165, 1.54) is 6.92 Å². The average Bonchev–Trinajstić information content (AvgIpc) is 2.26.